The van der Waals surface area contributed by atoms with Gasteiger partial charge in [0.2, 0.25) is 0 Å². The third-order valence-electron chi connectivity index (χ3n) is 5.46. The van der Waals surface area contributed by atoms with Gasteiger partial charge in [0.05, 0.1) is 6.42 Å². The normalized spacial score (nSPS) is 37.3. The van der Waals surface area contributed by atoms with Crippen LogP contribution in [0.25, 0.3) is 0 Å². The van der Waals surface area contributed by atoms with E-state index in [2.05, 4.69) is 10.6 Å². The van der Waals surface area contributed by atoms with E-state index in [4.69, 9.17) is 5.11 Å². The van der Waals surface area contributed by atoms with Crippen molar-refractivity contribution in [3.63, 3.8) is 0 Å². The highest BCUT2D eigenvalue weighted by molar-refractivity contribution is 5.77. The Hall–Kier alpha value is -1.26. The van der Waals surface area contributed by atoms with Crippen LogP contribution in [-0.4, -0.2) is 28.2 Å². The number of carbonyl (C=O) groups excluding carboxylic acids is 1. The van der Waals surface area contributed by atoms with Crippen LogP contribution < -0.4 is 10.6 Å². The third kappa shape index (κ3) is 3.16. The zero-order valence-corrected chi connectivity index (χ0v) is 12.9. The molecule has 2 amide bonds. The molecule has 21 heavy (non-hydrogen) atoms. The Labute approximate surface area is 125 Å². The Morgan fingerprint density at radius 3 is 2.00 bits per heavy atom. The minimum Gasteiger partial charge on any atom is -0.481 e. The van der Waals surface area contributed by atoms with Crippen LogP contribution in [0.2, 0.25) is 0 Å². The van der Waals surface area contributed by atoms with E-state index >= 15 is 0 Å². The number of amides is 2. The van der Waals surface area contributed by atoms with Crippen LogP contribution in [0.4, 0.5) is 4.79 Å². The fourth-order valence-electron chi connectivity index (χ4n) is 5.27. The second-order valence-electron chi connectivity index (χ2n) is 8.23. The topological polar surface area (TPSA) is 78.4 Å². The Morgan fingerprint density at radius 2 is 1.57 bits per heavy atom. The van der Waals surface area contributed by atoms with Gasteiger partial charge in [-0.1, -0.05) is 0 Å². The van der Waals surface area contributed by atoms with Gasteiger partial charge >= 0.3 is 12.0 Å². The molecule has 5 heteroatoms. The zero-order chi connectivity index (χ0) is 15.3. The number of urea groups is 1. The molecule has 4 rings (SSSR count). The summed E-state index contributed by atoms with van der Waals surface area (Å²) < 4.78 is 0. The molecular formula is C16H26N2O3. The van der Waals surface area contributed by atoms with Gasteiger partial charge in [-0.05, 0) is 70.1 Å². The van der Waals surface area contributed by atoms with Crippen molar-refractivity contribution in [2.45, 2.75) is 69.9 Å². The summed E-state index contributed by atoms with van der Waals surface area (Å²) in [5, 5.41) is 14.9. The number of hydrogen-bond donors (Lipinski definition) is 3. The molecule has 3 N–H and O–H groups in total. The molecule has 0 aromatic heterocycles. The zero-order valence-electron chi connectivity index (χ0n) is 12.9. The molecule has 0 saturated heterocycles. The molecular weight excluding hydrogens is 268 g/mol. The van der Waals surface area contributed by atoms with Gasteiger partial charge in [-0.2, -0.15) is 0 Å². The molecule has 0 aromatic rings. The van der Waals surface area contributed by atoms with Crippen LogP contribution in [0, 0.1) is 17.8 Å². The molecule has 4 saturated carbocycles. The molecule has 4 aliphatic rings. The van der Waals surface area contributed by atoms with E-state index in [1.165, 1.54) is 19.3 Å². The summed E-state index contributed by atoms with van der Waals surface area (Å²) in [5.74, 6) is 1.45. The van der Waals surface area contributed by atoms with Gasteiger partial charge in [0, 0.05) is 11.1 Å². The van der Waals surface area contributed by atoms with Crippen molar-refractivity contribution >= 4 is 12.0 Å². The van der Waals surface area contributed by atoms with Crippen LogP contribution in [0.5, 0.6) is 0 Å². The van der Waals surface area contributed by atoms with Crippen LogP contribution in [-0.2, 0) is 4.79 Å². The Kier molecular flexibility index (Phi) is 3.41. The van der Waals surface area contributed by atoms with E-state index in [1.807, 2.05) is 0 Å². The van der Waals surface area contributed by atoms with E-state index in [0.717, 1.165) is 37.0 Å². The number of hydrogen-bond acceptors (Lipinski definition) is 2. The second kappa shape index (κ2) is 4.89. The van der Waals surface area contributed by atoms with Crippen LogP contribution in [0.3, 0.4) is 0 Å². The quantitative estimate of drug-likeness (QED) is 0.745. The second-order valence-corrected chi connectivity index (χ2v) is 8.23. The molecule has 0 aliphatic heterocycles. The first-order chi connectivity index (χ1) is 9.75. The van der Waals surface area contributed by atoms with Crippen molar-refractivity contribution in [2.75, 3.05) is 0 Å². The number of carboxylic acid groups (broad SMARTS) is 1. The number of nitrogens with one attached hydrogen (secondary N) is 2. The first-order valence-corrected chi connectivity index (χ1v) is 8.07. The van der Waals surface area contributed by atoms with E-state index in [9.17, 15) is 9.59 Å². The lowest BCUT2D eigenvalue weighted by molar-refractivity contribution is -0.138. The van der Waals surface area contributed by atoms with E-state index in [-0.39, 0.29) is 18.0 Å². The van der Waals surface area contributed by atoms with Crippen LogP contribution >= 0.6 is 0 Å². The minimum atomic E-state index is -0.893. The van der Waals surface area contributed by atoms with Crippen LogP contribution in [0.1, 0.15) is 58.8 Å². The van der Waals surface area contributed by atoms with Crippen molar-refractivity contribution in [3.05, 3.63) is 0 Å². The average Bonchev–Trinajstić information content (AvgIpc) is 2.21. The van der Waals surface area contributed by atoms with Gasteiger partial charge in [-0.25, -0.2) is 4.79 Å². The summed E-state index contributed by atoms with van der Waals surface area (Å²) in [5.41, 5.74) is -0.754. The molecule has 0 aromatic carbocycles. The van der Waals surface area contributed by atoms with E-state index in [1.54, 1.807) is 13.8 Å². The van der Waals surface area contributed by atoms with E-state index in [0.29, 0.717) is 0 Å². The summed E-state index contributed by atoms with van der Waals surface area (Å²) in [6.07, 6.45) is 7.26. The average molecular weight is 294 g/mol. The standard InChI is InChI=1S/C16H26N2O3/c1-15(2,9-13(19)20)17-14(21)18-16-6-10-3-11(7-16)5-12(4-10)8-16/h10-12H,3-9H2,1-2H3,(H,19,20)(H2,17,18,21). The van der Waals surface area contributed by atoms with Crippen molar-refractivity contribution in [1.29, 1.82) is 0 Å². The summed E-state index contributed by atoms with van der Waals surface area (Å²) >= 11 is 0. The van der Waals surface area contributed by atoms with Crippen molar-refractivity contribution in [1.82, 2.24) is 10.6 Å². The predicted molar refractivity (Wildman–Crippen MR) is 78.9 cm³/mol. The number of carbonyl (C=O) groups is 2. The highest BCUT2D eigenvalue weighted by atomic mass is 16.4. The fourth-order valence-corrected chi connectivity index (χ4v) is 5.27. The van der Waals surface area contributed by atoms with Gasteiger partial charge in [-0.15, -0.1) is 0 Å². The maximum Gasteiger partial charge on any atom is 0.315 e. The third-order valence-corrected chi connectivity index (χ3v) is 5.46. The molecule has 0 unspecified atom stereocenters. The summed E-state index contributed by atoms with van der Waals surface area (Å²) in [4.78, 5) is 23.1. The summed E-state index contributed by atoms with van der Waals surface area (Å²) in [6, 6.07) is -0.205. The smallest absolute Gasteiger partial charge is 0.315 e. The summed E-state index contributed by atoms with van der Waals surface area (Å²) in [7, 11) is 0. The molecule has 118 valence electrons. The molecule has 5 nitrogen and oxygen atoms in total. The monoisotopic (exact) mass is 294 g/mol. The minimum absolute atomic E-state index is 0.0296. The summed E-state index contributed by atoms with van der Waals surface area (Å²) in [6.45, 7) is 3.50. The van der Waals surface area contributed by atoms with Gasteiger partial charge < -0.3 is 15.7 Å². The molecule has 4 aliphatic carbocycles. The van der Waals surface area contributed by atoms with Crippen LogP contribution in [0.15, 0.2) is 0 Å². The Morgan fingerprint density at radius 1 is 1.10 bits per heavy atom. The van der Waals surface area contributed by atoms with Gasteiger partial charge in [-0.3, -0.25) is 4.79 Å². The van der Waals surface area contributed by atoms with Crippen molar-refractivity contribution in [3.8, 4) is 0 Å². The number of rotatable bonds is 4. The molecule has 4 fully saturated rings. The first kappa shape index (κ1) is 14.7. The SMILES string of the molecule is CC(C)(CC(=O)O)NC(=O)NC12CC3CC(CC(C3)C1)C2. The highest BCUT2D eigenvalue weighted by Gasteiger charge is 2.51. The lowest BCUT2D eigenvalue weighted by atomic mass is 9.53. The van der Waals surface area contributed by atoms with Gasteiger partial charge in [0.15, 0.2) is 0 Å². The molecule has 0 heterocycles. The Balaban J connectivity index is 1.61. The largest absolute Gasteiger partial charge is 0.481 e. The number of aliphatic carboxylic acids is 1. The highest BCUT2D eigenvalue weighted by Crippen LogP contribution is 2.55. The van der Waals surface area contributed by atoms with Gasteiger partial charge in [0.25, 0.3) is 0 Å². The molecule has 0 spiro atoms. The fraction of sp³-hybridized carbons (Fsp3) is 0.875. The molecule has 4 bridgehead atoms. The van der Waals surface area contributed by atoms with E-state index < -0.39 is 11.5 Å². The maximum absolute atomic E-state index is 12.3. The van der Waals surface area contributed by atoms with Gasteiger partial charge in [0.1, 0.15) is 0 Å². The van der Waals surface area contributed by atoms with Crippen molar-refractivity contribution in [2.24, 2.45) is 17.8 Å². The Bertz CT molecular complexity index is 423. The lowest BCUT2D eigenvalue weighted by Gasteiger charge is -2.56. The number of carboxylic acids is 1. The molecule has 0 radical (unpaired) electrons. The first-order valence-electron chi connectivity index (χ1n) is 8.07. The van der Waals surface area contributed by atoms with Crippen molar-refractivity contribution < 1.29 is 14.7 Å². The predicted octanol–water partition coefficient (Wildman–Crippen LogP) is 2.51. The maximum atomic E-state index is 12.3. The molecule has 0 atom stereocenters. The lowest BCUT2D eigenvalue weighted by Crippen LogP contribution is -2.63.